The van der Waals surface area contributed by atoms with Gasteiger partial charge in [0.15, 0.2) is 5.16 Å². The molecule has 2 N–H and O–H groups in total. The predicted molar refractivity (Wildman–Crippen MR) is 54.7 cm³/mol. The number of nitrogens with zero attached hydrogens (tertiary/aromatic N) is 2. The first kappa shape index (κ1) is 11.4. The summed E-state index contributed by atoms with van der Waals surface area (Å²) in [6, 6.07) is 1.70. The van der Waals surface area contributed by atoms with Crippen molar-refractivity contribution in [3.05, 3.63) is 18.5 Å². The molecule has 6 nitrogen and oxygen atoms in total. The number of hydrogen-bond acceptors (Lipinski definition) is 5. The number of nitrogens with one attached hydrogen (secondary N) is 2. The molecule has 1 aromatic rings. The Hall–Kier alpha value is -1.63. The highest BCUT2D eigenvalue weighted by atomic mass is 32.2. The van der Waals surface area contributed by atoms with E-state index in [1.807, 2.05) is 0 Å². The summed E-state index contributed by atoms with van der Waals surface area (Å²) in [5, 5.41) is 0.524. The van der Waals surface area contributed by atoms with E-state index in [0.29, 0.717) is 5.16 Å². The summed E-state index contributed by atoms with van der Waals surface area (Å²) >= 11 is 1.19. The zero-order chi connectivity index (χ0) is 11.1. The van der Waals surface area contributed by atoms with Crippen molar-refractivity contribution in [2.45, 2.75) is 12.1 Å². The van der Waals surface area contributed by atoms with Crippen LogP contribution in [-0.2, 0) is 9.59 Å². The Morgan fingerprint density at radius 1 is 1.33 bits per heavy atom. The van der Waals surface area contributed by atoms with Gasteiger partial charge in [-0.3, -0.25) is 20.4 Å². The molecule has 0 unspecified atom stereocenters. The Labute approximate surface area is 90.8 Å². The average molecular weight is 226 g/mol. The van der Waals surface area contributed by atoms with Crippen LogP contribution in [0, 0.1) is 0 Å². The lowest BCUT2D eigenvalue weighted by molar-refractivity contribution is -0.126. The molecule has 0 saturated heterocycles. The molecule has 80 valence electrons. The number of thioether (sulfide) groups is 1. The molecular weight excluding hydrogens is 216 g/mol. The summed E-state index contributed by atoms with van der Waals surface area (Å²) in [6.45, 7) is 1.31. The van der Waals surface area contributed by atoms with Gasteiger partial charge in [0.2, 0.25) is 11.8 Å². The molecule has 0 aromatic carbocycles. The van der Waals surface area contributed by atoms with Gasteiger partial charge in [-0.15, -0.1) is 0 Å². The molecule has 0 aliphatic carbocycles. The Balaban J connectivity index is 2.26. The van der Waals surface area contributed by atoms with Crippen LogP contribution in [0.5, 0.6) is 0 Å². The molecule has 1 rings (SSSR count). The van der Waals surface area contributed by atoms with Crippen LogP contribution >= 0.6 is 11.8 Å². The van der Waals surface area contributed by atoms with Crippen molar-refractivity contribution in [1.82, 2.24) is 20.8 Å². The molecule has 7 heteroatoms. The lowest BCUT2D eigenvalue weighted by atomic mass is 10.7. The zero-order valence-corrected chi connectivity index (χ0v) is 8.87. The van der Waals surface area contributed by atoms with E-state index in [0.717, 1.165) is 0 Å². The molecule has 15 heavy (non-hydrogen) atoms. The largest absolute Gasteiger partial charge is 0.274 e. The SMILES string of the molecule is CC(=O)NNC(=O)CSc1ncccn1. The summed E-state index contributed by atoms with van der Waals surface area (Å²) < 4.78 is 0. The van der Waals surface area contributed by atoms with E-state index >= 15 is 0 Å². The number of aromatic nitrogens is 2. The fraction of sp³-hybridized carbons (Fsp3) is 0.250. The van der Waals surface area contributed by atoms with Crippen molar-refractivity contribution in [2.24, 2.45) is 0 Å². The first-order chi connectivity index (χ1) is 7.18. The number of amides is 2. The van der Waals surface area contributed by atoms with E-state index in [9.17, 15) is 9.59 Å². The number of hydrogen-bond donors (Lipinski definition) is 2. The van der Waals surface area contributed by atoms with Crippen molar-refractivity contribution in [3.8, 4) is 0 Å². The maximum absolute atomic E-state index is 11.1. The predicted octanol–water partition coefficient (Wildman–Crippen LogP) is -0.264. The van der Waals surface area contributed by atoms with Gasteiger partial charge >= 0.3 is 0 Å². The topological polar surface area (TPSA) is 84.0 Å². The summed E-state index contributed by atoms with van der Waals surface area (Å²) in [4.78, 5) is 29.4. The lowest BCUT2D eigenvalue weighted by Crippen LogP contribution is -2.41. The number of carbonyl (C=O) groups is 2. The van der Waals surface area contributed by atoms with Crippen LogP contribution < -0.4 is 10.9 Å². The van der Waals surface area contributed by atoms with Crippen LogP contribution in [0.1, 0.15) is 6.92 Å². The normalized spacial score (nSPS) is 9.40. The quantitative estimate of drug-likeness (QED) is 0.421. The fourth-order valence-electron chi connectivity index (χ4n) is 0.684. The van der Waals surface area contributed by atoms with Gasteiger partial charge in [-0.2, -0.15) is 0 Å². The second-order valence-corrected chi connectivity index (χ2v) is 3.49. The van der Waals surface area contributed by atoms with Crippen LogP contribution in [0.15, 0.2) is 23.6 Å². The van der Waals surface area contributed by atoms with Gasteiger partial charge < -0.3 is 0 Å². The van der Waals surface area contributed by atoms with Crippen LogP contribution in [0.25, 0.3) is 0 Å². The van der Waals surface area contributed by atoms with E-state index < -0.39 is 0 Å². The van der Waals surface area contributed by atoms with E-state index in [-0.39, 0.29) is 17.6 Å². The molecule has 0 fully saturated rings. The molecule has 2 amide bonds. The minimum absolute atomic E-state index is 0.157. The summed E-state index contributed by atoms with van der Waals surface area (Å²) in [6.07, 6.45) is 3.20. The molecule has 0 spiro atoms. The number of rotatable bonds is 3. The van der Waals surface area contributed by atoms with Crippen molar-refractivity contribution in [3.63, 3.8) is 0 Å². The monoisotopic (exact) mass is 226 g/mol. The second kappa shape index (κ2) is 5.97. The van der Waals surface area contributed by atoms with Crippen molar-refractivity contribution in [1.29, 1.82) is 0 Å². The molecule has 1 heterocycles. The Morgan fingerprint density at radius 2 is 2.00 bits per heavy atom. The summed E-state index contributed by atoms with van der Waals surface area (Å²) in [5.74, 6) is -0.462. The van der Waals surface area contributed by atoms with Crippen molar-refractivity contribution >= 4 is 23.6 Å². The van der Waals surface area contributed by atoms with Crippen molar-refractivity contribution in [2.75, 3.05) is 5.75 Å². The molecule has 0 aliphatic heterocycles. The maximum atomic E-state index is 11.1. The minimum atomic E-state index is -0.315. The van der Waals surface area contributed by atoms with Crippen LogP contribution in [0.4, 0.5) is 0 Å². The molecule has 1 aromatic heterocycles. The highest BCUT2D eigenvalue weighted by Crippen LogP contribution is 2.09. The third kappa shape index (κ3) is 4.96. The highest BCUT2D eigenvalue weighted by Gasteiger charge is 2.03. The van der Waals surface area contributed by atoms with Gasteiger partial charge in [0.25, 0.3) is 0 Å². The van der Waals surface area contributed by atoms with Gasteiger partial charge in [0.1, 0.15) is 0 Å². The summed E-state index contributed by atoms with van der Waals surface area (Å²) in [5.41, 5.74) is 4.43. The zero-order valence-electron chi connectivity index (χ0n) is 8.06. The van der Waals surface area contributed by atoms with Gasteiger partial charge in [0, 0.05) is 19.3 Å². The number of hydrazine groups is 1. The van der Waals surface area contributed by atoms with Gasteiger partial charge in [-0.25, -0.2) is 9.97 Å². The Kier molecular flexibility index (Phi) is 4.55. The Morgan fingerprint density at radius 3 is 2.60 bits per heavy atom. The molecular formula is C8H10N4O2S. The van der Waals surface area contributed by atoms with Gasteiger partial charge in [-0.05, 0) is 6.07 Å². The number of carbonyl (C=O) groups excluding carboxylic acids is 2. The smallest absolute Gasteiger partial charge is 0.248 e. The third-order valence-corrected chi connectivity index (χ3v) is 2.13. The average Bonchev–Trinajstić information content (AvgIpc) is 2.25. The molecule has 0 aliphatic rings. The first-order valence-electron chi connectivity index (χ1n) is 4.13. The van der Waals surface area contributed by atoms with Crippen LogP contribution in [0.2, 0.25) is 0 Å². The van der Waals surface area contributed by atoms with E-state index in [1.54, 1.807) is 18.5 Å². The van der Waals surface area contributed by atoms with E-state index in [1.165, 1.54) is 18.7 Å². The fourth-order valence-corrected chi connectivity index (χ4v) is 1.29. The standard InChI is InChI=1S/C8H10N4O2S/c1-6(13)11-12-7(14)5-15-8-9-3-2-4-10-8/h2-4H,5H2,1H3,(H,11,13)(H,12,14). The third-order valence-electron chi connectivity index (χ3n) is 1.25. The lowest BCUT2D eigenvalue weighted by Gasteiger charge is -2.03. The molecule has 0 radical (unpaired) electrons. The summed E-state index contributed by atoms with van der Waals surface area (Å²) in [7, 11) is 0. The Bertz CT molecular complexity index is 344. The van der Waals surface area contributed by atoms with Crippen LogP contribution in [0.3, 0.4) is 0 Å². The molecule has 0 atom stereocenters. The van der Waals surface area contributed by atoms with Crippen LogP contribution in [-0.4, -0.2) is 27.5 Å². The first-order valence-corrected chi connectivity index (χ1v) is 5.12. The second-order valence-electron chi connectivity index (χ2n) is 2.55. The maximum Gasteiger partial charge on any atom is 0.248 e. The minimum Gasteiger partial charge on any atom is -0.274 e. The van der Waals surface area contributed by atoms with E-state index in [2.05, 4.69) is 20.8 Å². The van der Waals surface area contributed by atoms with Crippen molar-refractivity contribution < 1.29 is 9.59 Å². The van der Waals surface area contributed by atoms with Gasteiger partial charge in [-0.1, -0.05) is 11.8 Å². The molecule has 0 bridgehead atoms. The highest BCUT2D eigenvalue weighted by molar-refractivity contribution is 7.99. The van der Waals surface area contributed by atoms with Gasteiger partial charge in [0.05, 0.1) is 5.75 Å². The van der Waals surface area contributed by atoms with E-state index in [4.69, 9.17) is 0 Å². The molecule has 0 saturated carbocycles.